The molecular weight excluding hydrogens is 352 g/mol. The highest BCUT2D eigenvalue weighted by Gasteiger charge is 2.39. The zero-order chi connectivity index (χ0) is 19.5. The van der Waals surface area contributed by atoms with E-state index >= 15 is 0 Å². The van der Waals surface area contributed by atoms with Crippen molar-refractivity contribution in [2.75, 3.05) is 0 Å². The van der Waals surface area contributed by atoms with Crippen LogP contribution >= 0.6 is 0 Å². The number of fused-ring (bicyclic) bond motifs is 1. The van der Waals surface area contributed by atoms with E-state index in [4.69, 9.17) is 4.74 Å². The summed E-state index contributed by atoms with van der Waals surface area (Å²) >= 11 is 0. The quantitative estimate of drug-likeness (QED) is 0.389. The Hall–Kier alpha value is -3.58. The molecule has 0 fully saturated rings. The van der Waals surface area contributed by atoms with Crippen molar-refractivity contribution in [3.05, 3.63) is 144 Å². The largest absolute Gasteiger partial charge is 0.457 e. The molecule has 0 N–H and O–H groups in total. The standard InChI is InChI=1S/C28H22O/c1-4-12-22(13-5-1)20-28(24-16-8-3-9-17-24)21-27(23-14-6-2-7-15-23)29-26-19-11-10-18-25(26)28/h1-19,21H,20H2. The van der Waals surface area contributed by atoms with Crippen LogP contribution in [0.1, 0.15) is 22.3 Å². The van der Waals surface area contributed by atoms with Crippen molar-refractivity contribution in [2.45, 2.75) is 11.8 Å². The zero-order valence-electron chi connectivity index (χ0n) is 16.2. The minimum Gasteiger partial charge on any atom is -0.457 e. The van der Waals surface area contributed by atoms with Crippen LogP contribution in [0.3, 0.4) is 0 Å². The molecule has 0 aromatic heterocycles. The summed E-state index contributed by atoms with van der Waals surface area (Å²) < 4.78 is 6.39. The lowest BCUT2D eigenvalue weighted by atomic mass is 9.68. The van der Waals surface area contributed by atoms with Gasteiger partial charge in [0.15, 0.2) is 0 Å². The van der Waals surface area contributed by atoms with Crippen molar-refractivity contribution in [1.82, 2.24) is 0 Å². The molecule has 1 nitrogen and oxygen atoms in total. The Labute approximate surface area is 171 Å². The molecule has 29 heavy (non-hydrogen) atoms. The van der Waals surface area contributed by atoms with Gasteiger partial charge in [0.1, 0.15) is 11.5 Å². The lowest BCUT2D eigenvalue weighted by Gasteiger charge is -2.38. The van der Waals surface area contributed by atoms with Gasteiger partial charge in [-0.25, -0.2) is 0 Å². The van der Waals surface area contributed by atoms with E-state index in [1.165, 1.54) is 16.7 Å². The van der Waals surface area contributed by atoms with E-state index in [1.807, 2.05) is 12.1 Å². The van der Waals surface area contributed by atoms with Gasteiger partial charge in [0.2, 0.25) is 0 Å². The molecule has 0 bridgehead atoms. The average Bonchev–Trinajstić information content (AvgIpc) is 2.81. The van der Waals surface area contributed by atoms with Crippen molar-refractivity contribution in [3.63, 3.8) is 0 Å². The van der Waals surface area contributed by atoms with Gasteiger partial charge in [-0.15, -0.1) is 0 Å². The maximum atomic E-state index is 6.39. The monoisotopic (exact) mass is 374 g/mol. The number of ether oxygens (including phenoxy) is 1. The van der Waals surface area contributed by atoms with Crippen LogP contribution in [0.5, 0.6) is 5.75 Å². The molecule has 1 heteroatoms. The van der Waals surface area contributed by atoms with Gasteiger partial charge < -0.3 is 4.74 Å². The second kappa shape index (κ2) is 7.44. The maximum absolute atomic E-state index is 6.39. The first kappa shape index (κ1) is 17.5. The molecule has 0 saturated carbocycles. The van der Waals surface area contributed by atoms with Crippen molar-refractivity contribution >= 4 is 5.76 Å². The normalized spacial score (nSPS) is 17.7. The third kappa shape index (κ3) is 3.25. The maximum Gasteiger partial charge on any atom is 0.131 e. The summed E-state index contributed by atoms with van der Waals surface area (Å²) in [6, 6.07) is 40.3. The zero-order valence-corrected chi connectivity index (χ0v) is 16.2. The summed E-state index contributed by atoms with van der Waals surface area (Å²) in [6.45, 7) is 0. The van der Waals surface area contributed by atoms with Crippen LogP contribution in [0.25, 0.3) is 5.76 Å². The molecule has 0 saturated heterocycles. The third-order valence-corrected chi connectivity index (χ3v) is 5.64. The van der Waals surface area contributed by atoms with E-state index in [-0.39, 0.29) is 5.41 Å². The Morgan fingerprint density at radius 3 is 1.90 bits per heavy atom. The molecule has 4 aromatic rings. The molecular formula is C28H22O. The summed E-state index contributed by atoms with van der Waals surface area (Å²) in [5.74, 6) is 1.83. The molecule has 4 aromatic carbocycles. The first-order valence-corrected chi connectivity index (χ1v) is 10.0. The summed E-state index contributed by atoms with van der Waals surface area (Å²) in [4.78, 5) is 0. The summed E-state index contributed by atoms with van der Waals surface area (Å²) in [5.41, 5.74) is 4.57. The number of benzene rings is 4. The van der Waals surface area contributed by atoms with E-state index in [0.717, 1.165) is 23.5 Å². The highest BCUT2D eigenvalue weighted by Crippen LogP contribution is 2.47. The Balaban J connectivity index is 1.77. The summed E-state index contributed by atoms with van der Waals surface area (Å²) in [6.07, 6.45) is 3.18. The summed E-state index contributed by atoms with van der Waals surface area (Å²) in [7, 11) is 0. The molecule has 1 aliphatic heterocycles. The van der Waals surface area contributed by atoms with Gasteiger partial charge in [0, 0.05) is 16.5 Å². The lowest BCUT2D eigenvalue weighted by molar-refractivity contribution is 0.458. The van der Waals surface area contributed by atoms with Gasteiger partial charge in [-0.3, -0.25) is 0 Å². The molecule has 5 rings (SSSR count). The lowest BCUT2D eigenvalue weighted by Crippen LogP contribution is -2.32. The minimum absolute atomic E-state index is 0.303. The van der Waals surface area contributed by atoms with E-state index in [0.29, 0.717) is 0 Å². The smallest absolute Gasteiger partial charge is 0.131 e. The van der Waals surface area contributed by atoms with Gasteiger partial charge in [-0.1, -0.05) is 109 Å². The molecule has 1 unspecified atom stereocenters. The van der Waals surface area contributed by atoms with E-state index < -0.39 is 0 Å². The molecule has 0 spiro atoms. The van der Waals surface area contributed by atoms with Crippen LogP contribution in [0.15, 0.2) is 121 Å². The number of hydrogen-bond donors (Lipinski definition) is 0. The Morgan fingerprint density at radius 1 is 0.586 bits per heavy atom. The van der Waals surface area contributed by atoms with Crippen LogP contribution in [0, 0.1) is 0 Å². The molecule has 0 radical (unpaired) electrons. The van der Waals surface area contributed by atoms with Crippen molar-refractivity contribution in [1.29, 1.82) is 0 Å². The van der Waals surface area contributed by atoms with E-state index in [2.05, 4.69) is 109 Å². The van der Waals surface area contributed by atoms with Gasteiger partial charge in [0.05, 0.1) is 0 Å². The minimum atomic E-state index is -0.303. The van der Waals surface area contributed by atoms with Crippen LogP contribution < -0.4 is 4.74 Å². The first-order valence-electron chi connectivity index (χ1n) is 10.0. The van der Waals surface area contributed by atoms with Gasteiger partial charge >= 0.3 is 0 Å². The fraction of sp³-hybridized carbons (Fsp3) is 0.0714. The Morgan fingerprint density at radius 2 is 1.17 bits per heavy atom. The summed E-state index contributed by atoms with van der Waals surface area (Å²) in [5, 5.41) is 0. The van der Waals surface area contributed by atoms with Crippen molar-refractivity contribution in [3.8, 4) is 5.75 Å². The molecule has 0 amide bonds. The second-order valence-corrected chi connectivity index (χ2v) is 7.47. The molecule has 1 aliphatic rings. The van der Waals surface area contributed by atoms with Crippen molar-refractivity contribution < 1.29 is 4.74 Å². The highest BCUT2D eigenvalue weighted by atomic mass is 16.5. The van der Waals surface area contributed by atoms with Crippen LogP contribution in [-0.4, -0.2) is 0 Å². The Kier molecular flexibility index (Phi) is 4.50. The molecule has 1 heterocycles. The third-order valence-electron chi connectivity index (χ3n) is 5.64. The predicted molar refractivity (Wildman–Crippen MR) is 119 cm³/mol. The van der Waals surface area contributed by atoms with Crippen LogP contribution in [-0.2, 0) is 11.8 Å². The van der Waals surface area contributed by atoms with Gasteiger partial charge in [-0.2, -0.15) is 0 Å². The number of allylic oxidation sites excluding steroid dienone is 1. The Bertz CT molecular complexity index is 1130. The SMILES string of the molecule is C1=C(c2ccccc2)Oc2ccccc2C1(Cc1ccccc1)c1ccccc1. The molecule has 140 valence electrons. The van der Waals surface area contributed by atoms with Crippen LogP contribution in [0.4, 0.5) is 0 Å². The topological polar surface area (TPSA) is 9.23 Å². The van der Waals surface area contributed by atoms with E-state index in [1.54, 1.807) is 0 Å². The fourth-order valence-electron chi connectivity index (χ4n) is 4.26. The fourth-order valence-corrected chi connectivity index (χ4v) is 4.26. The first-order chi connectivity index (χ1) is 14.4. The van der Waals surface area contributed by atoms with E-state index in [9.17, 15) is 0 Å². The molecule has 0 aliphatic carbocycles. The number of para-hydroxylation sites is 1. The van der Waals surface area contributed by atoms with Crippen LogP contribution in [0.2, 0.25) is 0 Å². The number of rotatable bonds is 4. The predicted octanol–water partition coefficient (Wildman–Crippen LogP) is 6.65. The van der Waals surface area contributed by atoms with Gasteiger partial charge in [0.25, 0.3) is 0 Å². The highest BCUT2D eigenvalue weighted by molar-refractivity contribution is 5.71. The van der Waals surface area contributed by atoms with Crippen molar-refractivity contribution in [2.24, 2.45) is 0 Å². The second-order valence-electron chi connectivity index (χ2n) is 7.47. The van der Waals surface area contributed by atoms with Gasteiger partial charge in [-0.05, 0) is 29.7 Å². The average molecular weight is 374 g/mol. The molecule has 1 atom stereocenters. The number of hydrogen-bond acceptors (Lipinski definition) is 1.